The van der Waals surface area contributed by atoms with Gasteiger partial charge in [-0.1, -0.05) is 25.3 Å². The summed E-state index contributed by atoms with van der Waals surface area (Å²) in [6, 6.07) is 15.9. The molecule has 2 aliphatic rings. The average Bonchev–Trinajstić information content (AvgIpc) is 3.49. The number of benzene rings is 2. The zero-order chi connectivity index (χ0) is 25.9. The third-order valence-electron chi connectivity index (χ3n) is 6.36. The Morgan fingerprint density at radius 3 is 2.57 bits per heavy atom. The number of furan rings is 1. The number of nitro benzene ring substituents is 1. The molecule has 10 heteroatoms. The van der Waals surface area contributed by atoms with Crippen LogP contribution in [0, 0.1) is 10.1 Å². The number of amides is 1. The number of hydrogen-bond acceptors (Lipinski definition) is 7. The normalized spacial score (nSPS) is 18.6. The number of non-ortho nitro benzene ring substituents is 1. The largest absolute Gasteiger partial charge is 0.478 e. The minimum atomic E-state index is -1.04. The van der Waals surface area contributed by atoms with Gasteiger partial charge in [0.15, 0.2) is 5.17 Å². The molecule has 0 atom stereocenters. The van der Waals surface area contributed by atoms with Crippen LogP contribution in [0.3, 0.4) is 0 Å². The number of carbonyl (C=O) groups is 2. The summed E-state index contributed by atoms with van der Waals surface area (Å²) in [7, 11) is 0. The lowest BCUT2D eigenvalue weighted by Gasteiger charge is -2.30. The lowest BCUT2D eigenvalue weighted by molar-refractivity contribution is -0.384. The fraction of sp³-hybridized carbons (Fsp3) is 0.222. The summed E-state index contributed by atoms with van der Waals surface area (Å²) < 4.78 is 5.92. The summed E-state index contributed by atoms with van der Waals surface area (Å²) >= 11 is 1.24. The smallest absolute Gasteiger partial charge is 0.335 e. The maximum Gasteiger partial charge on any atom is 0.335 e. The number of aromatic carboxylic acids is 1. The van der Waals surface area contributed by atoms with Crippen molar-refractivity contribution in [2.24, 2.45) is 4.99 Å². The van der Waals surface area contributed by atoms with E-state index in [0.717, 1.165) is 32.1 Å². The molecule has 0 spiro atoms. The van der Waals surface area contributed by atoms with Crippen LogP contribution in [0.1, 0.15) is 48.2 Å². The van der Waals surface area contributed by atoms with Crippen LogP contribution in [0.2, 0.25) is 0 Å². The van der Waals surface area contributed by atoms with Gasteiger partial charge >= 0.3 is 5.97 Å². The number of hydrogen-bond donors (Lipinski definition) is 1. The average molecular weight is 518 g/mol. The Hall–Kier alpha value is -4.18. The Morgan fingerprint density at radius 1 is 1.11 bits per heavy atom. The number of rotatable bonds is 6. The van der Waals surface area contributed by atoms with E-state index in [9.17, 15) is 24.8 Å². The highest BCUT2D eigenvalue weighted by atomic mass is 32.2. The minimum absolute atomic E-state index is 0.00545. The number of carboxylic acids is 1. The Morgan fingerprint density at radius 2 is 1.86 bits per heavy atom. The van der Waals surface area contributed by atoms with Gasteiger partial charge in [-0.3, -0.25) is 19.8 Å². The van der Waals surface area contributed by atoms with Crippen LogP contribution in [0.5, 0.6) is 0 Å². The molecule has 1 aromatic heterocycles. The molecule has 3 aromatic rings. The van der Waals surface area contributed by atoms with Crippen LogP contribution in [0.25, 0.3) is 17.4 Å². The highest BCUT2D eigenvalue weighted by Gasteiger charge is 2.39. The lowest BCUT2D eigenvalue weighted by atomic mass is 9.94. The van der Waals surface area contributed by atoms with Crippen molar-refractivity contribution < 1.29 is 24.0 Å². The first-order valence-electron chi connectivity index (χ1n) is 11.9. The van der Waals surface area contributed by atoms with Crippen molar-refractivity contribution in [3.8, 4) is 11.3 Å². The zero-order valence-corrected chi connectivity index (χ0v) is 20.5. The highest BCUT2D eigenvalue weighted by molar-refractivity contribution is 8.18. The van der Waals surface area contributed by atoms with Gasteiger partial charge in [0.25, 0.3) is 11.6 Å². The molecule has 5 rings (SSSR count). The number of thioether (sulfide) groups is 1. The third kappa shape index (κ3) is 5.34. The molecule has 1 saturated carbocycles. The van der Waals surface area contributed by atoms with E-state index in [0.29, 0.717) is 32.8 Å². The van der Waals surface area contributed by atoms with Gasteiger partial charge in [0.1, 0.15) is 11.5 Å². The van der Waals surface area contributed by atoms with E-state index in [1.807, 2.05) is 0 Å². The molecule has 9 nitrogen and oxygen atoms in total. The topological polar surface area (TPSA) is 126 Å². The van der Waals surface area contributed by atoms with Gasteiger partial charge in [-0.25, -0.2) is 9.79 Å². The molecule has 2 aromatic carbocycles. The van der Waals surface area contributed by atoms with Crippen molar-refractivity contribution in [1.29, 1.82) is 0 Å². The van der Waals surface area contributed by atoms with E-state index in [4.69, 9.17) is 4.42 Å². The standard InChI is InChI=1S/C27H23N3O6S/c31-25-24(16-22-13-14-23(36-22)17-9-11-21(12-10-17)30(34)35)37-27(29(25)20-7-2-1-3-8-20)28-19-6-4-5-18(15-19)26(32)33/h4-6,9-16,20H,1-3,7-8H2,(H,32,33)/b24-16+,28-27?. The van der Waals surface area contributed by atoms with Gasteiger partial charge in [-0.15, -0.1) is 0 Å². The van der Waals surface area contributed by atoms with E-state index in [1.165, 1.54) is 36.0 Å². The number of aliphatic imine (C=N–C) groups is 1. The molecule has 1 amide bonds. The molecule has 1 aliphatic heterocycles. The summed E-state index contributed by atoms with van der Waals surface area (Å²) in [5, 5.41) is 20.8. The molecule has 188 valence electrons. The predicted molar refractivity (Wildman–Crippen MR) is 141 cm³/mol. The molecule has 1 saturated heterocycles. The molecule has 37 heavy (non-hydrogen) atoms. The highest BCUT2D eigenvalue weighted by Crippen LogP contribution is 2.39. The van der Waals surface area contributed by atoms with Crippen molar-refractivity contribution in [2.75, 3.05) is 0 Å². The van der Waals surface area contributed by atoms with Gasteiger partial charge in [0.2, 0.25) is 0 Å². The van der Waals surface area contributed by atoms with Gasteiger partial charge < -0.3 is 9.52 Å². The van der Waals surface area contributed by atoms with E-state index in [1.54, 1.807) is 47.4 Å². The maximum absolute atomic E-state index is 13.5. The predicted octanol–water partition coefficient (Wildman–Crippen LogP) is 6.49. The number of nitrogens with zero attached hydrogens (tertiary/aromatic N) is 3. The number of carboxylic acid groups (broad SMARTS) is 1. The fourth-order valence-electron chi connectivity index (χ4n) is 4.51. The van der Waals surface area contributed by atoms with E-state index in [-0.39, 0.29) is 23.2 Å². The molecule has 1 N–H and O–H groups in total. The first-order chi connectivity index (χ1) is 17.9. The second-order valence-electron chi connectivity index (χ2n) is 8.83. The van der Waals surface area contributed by atoms with Crippen LogP contribution in [0.15, 0.2) is 75.0 Å². The quantitative estimate of drug-likeness (QED) is 0.225. The van der Waals surface area contributed by atoms with Crippen molar-refractivity contribution >= 4 is 46.3 Å². The minimum Gasteiger partial charge on any atom is -0.478 e. The second kappa shape index (κ2) is 10.4. The number of nitro groups is 1. The molecular weight excluding hydrogens is 494 g/mol. The Bertz CT molecular complexity index is 1420. The molecule has 0 unspecified atom stereocenters. The Balaban J connectivity index is 1.45. The molecule has 2 fully saturated rings. The van der Waals surface area contributed by atoms with Crippen molar-refractivity contribution in [3.05, 3.63) is 87.0 Å². The van der Waals surface area contributed by atoms with E-state index >= 15 is 0 Å². The number of carbonyl (C=O) groups excluding carboxylic acids is 1. The van der Waals surface area contributed by atoms with Gasteiger partial charge in [0.05, 0.1) is 21.1 Å². The summed E-state index contributed by atoms with van der Waals surface area (Å²) in [5.41, 5.74) is 1.28. The maximum atomic E-state index is 13.5. The van der Waals surface area contributed by atoms with Crippen LogP contribution in [-0.4, -0.2) is 38.0 Å². The van der Waals surface area contributed by atoms with Crippen molar-refractivity contribution in [1.82, 2.24) is 4.90 Å². The molecule has 0 bridgehead atoms. The molecule has 2 heterocycles. The third-order valence-corrected chi connectivity index (χ3v) is 7.34. The number of amidine groups is 1. The Kier molecular flexibility index (Phi) is 6.91. The summed E-state index contributed by atoms with van der Waals surface area (Å²) in [4.78, 5) is 42.2. The monoisotopic (exact) mass is 517 g/mol. The SMILES string of the molecule is O=C(O)c1cccc(N=C2S/C(=C/c3ccc(-c4ccc([N+](=O)[O-])cc4)o3)C(=O)N2C2CCCCC2)c1. The van der Waals surface area contributed by atoms with Crippen LogP contribution in [0.4, 0.5) is 11.4 Å². The Labute approximate surface area is 216 Å². The fourth-order valence-corrected chi connectivity index (χ4v) is 5.55. The van der Waals surface area contributed by atoms with E-state index < -0.39 is 10.9 Å². The second-order valence-corrected chi connectivity index (χ2v) is 9.84. The van der Waals surface area contributed by atoms with E-state index in [2.05, 4.69) is 4.99 Å². The molecular formula is C27H23N3O6S. The van der Waals surface area contributed by atoms with Crippen LogP contribution in [-0.2, 0) is 4.79 Å². The van der Waals surface area contributed by atoms with Gasteiger partial charge in [-0.05, 0) is 67.1 Å². The zero-order valence-electron chi connectivity index (χ0n) is 19.7. The van der Waals surface area contributed by atoms with Gasteiger partial charge in [0, 0.05) is 29.8 Å². The summed E-state index contributed by atoms with van der Waals surface area (Å²) in [6.45, 7) is 0. The van der Waals surface area contributed by atoms with Crippen molar-refractivity contribution in [2.45, 2.75) is 38.1 Å². The summed E-state index contributed by atoms with van der Waals surface area (Å²) in [5.74, 6) is -0.190. The summed E-state index contributed by atoms with van der Waals surface area (Å²) in [6.07, 6.45) is 6.66. The molecule has 1 aliphatic carbocycles. The van der Waals surface area contributed by atoms with Crippen LogP contribution < -0.4 is 0 Å². The van der Waals surface area contributed by atoms with Crippen molar-refractivity contribution in [3.63, 3.8) is 0 Å². The van der Waals surface area contributed by atoms with Gasteiger partial charge in [-0.2, -0.15) is 0 Å². The molecule has 0 radical (unpaired) electrons. The first-order valence-corrected chi connectivity index (χ1v) is 12.7. The lowest BCUT2D eigenvalue weighted by Crippen LogP contribution is -2.40. The van der Waals surface area contributed by atoms with Crippen LogP contribution >= 0.6 is 11.8 Å². The first kappa shape index (κ1) is 24.5.